The summed E-state index contributed by atoms with van der Waals surface area (Å²) in [6.07, 6.45) is 0. The number of carboxylic acids is 1. The number of hydrogen-bond donors (Lipinski definition) is 2. The molecule has 0 atom stereocenters. The zero-order chi connectivity index (χ0) is 14.7. The van der Waals surface area contributed by atoms with Gasteiger partial charge in [-0.2, -0.15) is 0 Å². The van der Waals surface area contributed by atoms with Gasteiger partial charge in [-0.15, -0.1) is 0 Å². The minimum Gasteiger partial charge on any atom is -0.478 e. The molecular formula is C15H15FN2O2. The monoisotopic (exact) mass is 274 g/mol. The topological polar surface area (TPSA) is 66.6 Å². The summed E-state index contributed by atoms with van der Waals surface area (Å²) in [5.74, 6) is -1.52. The zero-order valence-electron chi connectivity index (χ0n) is 11.0. The van der Waals surface area contributed by atoms with Gasteiger partial charge in [-0.25, -0.2) is 9.18 Å². The lowest BCUT2D eigenvalue weighted by Crippen LogP contribution is -2.21. The summed E-state index contributed by atoms with van der Waals surface area (Å²) < 4.78 is 13.9. The number of nitrogens with two attached hydrogens (primary N) is 1. The van der Waals surface area contributed by atoms with Crippen LogP contribution in [0.2, 0.25) is 0 Å². The van der Waals surface area contributed by atoms with Gasteiger partial charge in [0.15, 0.2) is 0 Å². The van der Waals surface area contributed by atoms with Crippen molar-refractivity contribution >= 4 is 23.0 Å². The number of benzene rings is 2. The molecule has 0 radical (unpaired) electrons. The Kier molecular flexibility index (Phi) is 3.89. The summed E-state index contributed by atoms with van der Waals surface area (Å²) in [7, 11) is 0. The molecule has 2 aromatic carbocycles. The van der Waals surface area contributed by atoms with Crippen LogP contribution in [0.3, 0.4) is 0 Å². The van der Waals surface area contributed by atoms with E-state index in [1.54, 1.807) is 35.2 Å². The van der Waals surface area contributed by atoms with E-state index >= 15 is 0 Å². The van der Waals surface area contributed by atoms with Crippen molar-refractivity contribution < 1.29 is 14.3 Å². The predicted molar refractivity (Wildman–Crippen MR) is 76.9 cm³/mol. The third kappa shape index (κ3) is 2.42. The normalized spacial score (nSPS) is 10.3. The van der Waals surface area contributed by atoms with Crippen LogP contribution in [0.4, 0.5) is 21.5 Å². The largest absolute Gasteiger partial charge is 0.478 e. The van der Waals surface area contributed by atoms with Crippen LogP contribution in [0.25, 0.3) is 0 Å². The molecular weight excluding hydrogens is 259 g/mol. The van der Waals surface area contributed by atoms with E-state index in [9.17, 15) is 14.3 Å². The van der Waals surface area contributed by atoms with Gasteiger partial charge in [-0.05, 0) is 31.2 Å². The molecule has 5 heteroatoms. The maximum absolute atomic E-state index is 13.9. The highest BCUT2D eigenvalue weighted by Gasteiger charge is 2.20. The minimum absolute atomic E-state index is 0.0510. The highest BCUT2D eigenvalue weighted by molar-refractivity contribution is 5.99. The molecule has 0 aliphatic rings. The minimum atomic E-state index is -1.10. The molecule has 2 rings (SSSR count). The molecule has 0 heterocycles. The third-order valence-electron chi connectivity index (χ3n) is 3.03. The highest BCUT2D eigenvalue weighted by atomic mass is 19.1. The number of aromatic carboxylic acids is 1. The molecule has 4 nitrogen and oxygen atoms in total. The van der Waals surface area contributed by atoms with Crippen molar-refractivity contribution in [2.24, 2.45) is 0 Å². The number of anilines is 3. The van der Waals surface area contributed by atoms with Crippen LogP contribution in [0.1, 0.15) is 17.3 Å². The summed E-state index contributed by atoms with van der Waals surface area (Å²) >= 11 is 0. The Morgan fingerprint density at radius 3 is 2.55 bits per heavy atom. The molecule has 0 saturated heterocycles. The molecule has 0 spiro atoms. The van der Waals surface area contributed by atoms with Gasteiger partial charge in [-0.3, -0.25) is 0 Å². The van der Waals surface area contributed by atoms with E-state index in [0.29, 0.717) is 23.6 Å². The fraction of sp³-hybridized carbons (Fsp3) is 0.133. The fourth-order valence-corrected chi connectivity index (χ4v) is 2.15. The van der Waals surface area contributed by atoms with E-state index in [0.717, 1.165) is 0 Å². The van der Waals surface area contributed by atoms with Gasteiger partial charge in [-0.1, -0.05) is 18.2 Å². The Morgan fingerprint density at radius 2 is 1.95 bits per heavy atom. The number of hydrogen-bond acceptors (Lipinski definition) is 3. The Bertz CT molecular complexity index is 644. The Hall–Kier alpha value is -2.56. The Balaban J connectivity index is 2.64. The first kappa shape index (κ1) is 13.9. The summed E-state index contributed by atoms with van der Waals surface area (Å²) in [4.78, 5) is 12.9. The molecule has 0 aliphatic carbocycles. The second kappa shape index (κ2) is 5.61. The molecule has 0 aromatic heterocycles. The first-order valence-electron chi connectivity index (χ1n) is 6.20. The van der Waals surface area contributed by atoms with Crippen LogP contribution in [0, 0.1) is 5.82 Å². The molecule has 0 bridgehead atoms. The summed E-state index contributed by atoms with van der Waals surface area (Å²) in [5.41, 5.74) is 6.86. The maximum atomic E-state index is 13.9. The molecule has 20 heavy (non-hydrogen) atoms. The number of rotatable bonds is 4. The van der Waals surface area contributed by atoms with Gasteiger partial charge in [0.2, 0.25) is 0 Å². The molecule has 0 fully saturated rings. The molecule has 2 aromatic rings. The van der Waals surface area contributed by atoms with E-state index in [2.05, 4.69) is 0 Å². The number of nitrogens with zero attached hydrogens (tertiary/aromatic N) is 1. The molecule has 3 N–H and O–H groups in total. The van der Waals surface area contributed by atoms with Gasteiger partial charge in [0.1, 0.15) is 5.82 Å². The van der Waals surface area contributed by atoms with Crippen LogP contribution >= 0.6 is 0 Å². The van der Waals surface area contributed by atoms with Gasteiger partial charge in [0, 0.05) is 6.54 Å². The number of para-hydroxylation sites is 2. The van der Waals surface area contributed by atoms with E-state index in [1.165, 1.54) is 12.1 Å². The lowest BCUT2D eigenvalue weighted by Gasteiger charge is -2.26. The molecule has 0 amide bonds. The highest BCUT2D eigenvalue weighted by Crippen LogP contribution is 2.34. The quantitative estimate of drug-likeness (QED) is 0.840. The van der Waals surface area contributed by atoms with Crippen LogP contribution < -0.4 is 10.6 Å². The standard InChI is InChI=1S/C15H15FN2O2/c1-2-18(13-9-4-3-7-11(13)16)14-10(15(19)20)6-5-8-12(14)17/h3-9H,2,17H2,1H3,(H,19,20). The Morgan fingerprint density at radius 1 is 1.25 bits per heavy atom. The summed E-state index contributed by atoms with van der Waals surface area (Å²) in [6, 6.07) is 10.8. The number of carboxylic acid groups (broad SMARTS) is 1. The van der Waals surface area contributed by atoms with Crippen molar-refractivity contribution in [3.8, 4) is 0 Å². The zero-order valence-corrected chi connectivity index (χ0v) is 11.0. The van der Waals surface area contributed by atoms with E-state index in [4.69, 9.17) is 5.73 Å². The third-order valence-corrected chi connectivity index (χ3v) is 3.03. The average molecular weight is 274 g/mol. The average Bonchev–Trinajstić information content (AvgIpc) is 2.43. The Labute approximate surface area is 116 Å². The molecule has 0 saturated carbocycles. The fourth-order valence-electron chi connectivity index (χ4n) is 2.15. The first-order chi connectivity index (χ1) is 9.56. The van der Waals surface area contributed by atoms with Crippen molar-refractivity contribution in [2.45, 2.75) is 6.92 Å². The van der Waals surface area contributed by atoms with Gasteiger partial charge in [0.05, 0.1) is 22.6 Å². The first-order valence-corrected chi connectivity index (χ1v) is 6.20. The van der Waals surface area contributed by atoms with Crippen molar-refractivity contribution in [2.75, 3.05) is 17.2 Å². The number of carbonyl (C=O) groups is 1. The molecule has 104 valence electrons. The maximum Gasteiger partial charge on any atom is 0.337 e. The SMILES string of the molecule is CCN(c1ccccc1F)c1c(N)cccc1C(=O)O. The van der Waals surface area contributed by atoms with Crippen molar-refractivity contribution in [3.63, 3.8) is 0 Å². The molecule has 0 unspecified atom stereocenters. The number of halogens is 1. The second-order valence-electron chi connectivity index (χ2n) is 4.24. The molecule has 0 aliphatic heterocycles. The lowest BCUT2D eigenvalue weighted by atomic mass is 10.1. The van der Waals surface area contributed by atoms with Crippen molar-refractivity contribution in [1.29, 1.82) is 0 Å². The predicted octanol–water partition coefficient (Wildman–Crippen LogP) is 3.26. The van der Waals surface area contributed by atoms with Gasteiger partial charge >= 0.3 is 5.97 Å². The van der Waals surface area contributed by atoms with Gasteiger partial charge in [0.25, 0.3) is 0 Å². The van der Waals surface area contributed by atoms with Crippen LogP contribution in [-0.2, 0) is 0 Å². The van der Waals surface area contributed by atoms with Gasteiger partial charge < -0.3 is 15.7 Å². The van der Waals surface area contributed by atoms with Crippen molar-refractivity contribution in [3.05, 3.63) is 53.8 Å². The lowest BCUT2D eigenvalue weighted by molar-refractivity contribution is 0.0697. The number of nitrogen functional groups attached to an aromatic ring is 1. The smallest absolute Gasteiger partial charge is 0.337 e. The summed E-state index contributed by atoms with van der Waals surface area (Å²) in [5, 5.41) is 9.27. The van der Waals surface area contributed by atoms with Crippen molar-refractivity contribution in [1.82, 2.24) is 0 Å². The second-order valence-corrected chi connectivity index (χ2v) is 4.24. The van der Waals surface area contributed by atoms with E-state index < -0.39 is 11.8 Å². The summed E-state index contributed by atoms with van der Waals surface area (Å²) in [6.45, 7) is 2.21. The van der Waals surface area contributed by atoms with Crippen LogP contribution in [-0.4, -0.2) is 17.6 Å². The van der Waals surface area contributed by atoms with Crippen LogP contribution in [0.15, 0.2) is 42.5 Å². The van der Waals surface area contributed by atoms with E-state index in [-0.39, 0.29) is 5.56 Å². The van der Waals surface area contributed by atoms with Crippen LogP contribution in [0.5, 0.6) is 0 Å². The van der Waals surface area contributed by atoms with E-state index in [1.807, 2.05) is 6.92 Å².